The second-order valence-electron chi connectivity index (χ2n) is 9.64. The monoisotopic (exact) mass is 603 g/mol. The highest BCUT2D eigenvalue weighted by Gasteiger charge is 2.25. The van der Waals surface area contributed by atoms with Gasteiger partial charge < -0.3 is 19.7 Å². The first-order valence-electron chi connectivity index (χ1n) is 13.0. The summed E-state index contributed by atoms with van der Waals surface area (Å²) >= 11 is 0. The average Bonchev–Trinajstić information content (AvgIpc) is 3.59. The molecule has 1 amide bonds. The predicted octanol–water partition coefficient (Wildman–Crippen LogP) is 5.40. The molecule has 0 saturated heterocycles. The molecule has 13 heteroatoms. The molecule has 0 aliphatic heterocycles. The number of anilines is 1. The molecular formula is C30H23F2N5O5S. The van der Waals surface area contributed by atoms with E-state index in [-0.39, 0.29) is 56.4 Å². The number of H-pyrrole nitrogens is 2. The summed E-state index contributed by atoms with van der Waals surface area (Å²) in [4.78, 5) is 36.1. The molecule has 3 aromatic carbocycles. The number of hydrogen-bond donors (Lipinski definition) is 4. The normalized spacial score (nSPS) is 11.7. The minimum Gasteiger partial charge on any atom is -0.455 e. The van der Waals surface area contributed by atoms with E-state index < -0.39 is 33.1 Å². The van der Waals surface area contributed by atoms with E-state index in [1.165, 1.54) is 74.8 Å². The van der Waals surface area contributed by atoms with Crippen LogP contribution >= 0.6 is 0 Å². The lowest BCUT2D eigenvalue weighted by molar-refractivity contribution is 0.0964. The fourth-order valence-electron chi connectivity index (χ4n) is 4.81. The van der Waals surface area contributed by atoms with E-state index in [1.807, 2.05) is 0 Å². The largest absolute Gasteiger partial charge is 0.455 e. The van der Waals surface area contributed by atoms with Gasteiger partial charge >= 0.3 is 0 Å². The van der Waals surface area contributed by atoms with Gasteiger partial charge in [-0.05, 0) is 55.5 Å². The molecule has 0 aliphatic rings. The summed E-state index contributed by atoms with van der Waals surface area (Å²) in [7, 11) is -2.36. The minimum atomic E-state index is -3.81. The maximum Gasteiger partial charge on any atom is 0.276 e. The van der Waals surface area contributed by atoms with Crippen molar-refractivity contribution in [3.05, 3.63) is 94.4 Å². The Kier molecular flexibility index (Phi) is 6.81. The Morgan fingerprint density at radius 2 is 1.81 bits per heavy atom. The van der Waals surface area contributed by atoms with Crippen LogP contribution in [0, 0.1) is 11.6 Å². The Hall–Kier alpha value is -5.30. The second-order valence-corrected chi connectivity index (χ2v) is 11.7. The molecule has 43 heavy (non-hydrogen) atoms. The highest BCUT2D eigenvalue weighted by molar-refractivity contribution is 7.92. The molecule has 3 aromatic heterocycles. The number of sulfonamides is 1. The number of aromatic amines is 2. The number of fused-ring (bicyclic) bond motifs is 2. The number of furan rings is 1. The van der Waals surface area contributed by atoms with Crippen LogP contribution < -0.4 is 15.6 Å². The van der Waals surface area contributed by atoms with Gasteiger partial charge in [0.05, 0.1) is 28.4 Å². The summed E-state index contributed by atoms with van der Waals surface area (Å²) in [6.07, 6.45) is 1.31. The topological polar surface area (TPSA) is 150 Å². The molecule has 0 unspecified atom stereocenters. The van der Waals surface area contributed by atoms with E-state index in [4.69, 9.17) is 4.42 Å². The van der Waals surface area contributed by atoms with Crippen LogP contribution in [0.25, 0.3) is 55.8 Å². The van der Waals surface area contributed by atoms with Crippen LogP contribution in [0.2, 0.25) is 0 Å². The number of nitrogens with one attached hydrogen (secondary N) is 4. The van der Waals surface area contributed by atoms with Crippen LogP contribution in [0.4, 0.5) is 14.5 Å². The Morgan fingerprint density at radius 1 is 1.05 bits per heavy atom. The first-order valence-corrected chi connectivity index (χ1v) is 14.7. The van der Waals surface area contributed by atoms with Crippen molar-refractivity contribution in [3.8, 4) is 34.0 Å². The number of amides is 1. The van der Waals surface area contributed by atoms with E-state index in [2.05, 4.69) is 25.0 Å². The SMILES string of the molecule is CCS(=O)(=O)Nc1cc2oc(-c3ccc(F)cc3)c(C(=O)NC)c2cc1-c1c[nH]c(=O)c(-c2cc3c(F)cccc3[nH]2)n1. The van der Waals surface area contributed by atoms with Gasteiger partial charge in [-0.1, -0.05) is 6.07 Å². The summed E-state index contributed by atoms with van der Waals surface area (Å²) in [5.41, 5.74) is 1.24. The lowest BCUT2D eigenvalue weighted by Crippen LogP contribution is -2.18. The van der Waals surface area contributed by atoms with Crippen molar-refractivity contribution in [2.45, 2.75) is 6.92 Å². The molecule has 4 N–H and O–H groups in total. The zero-order valence-corrected chi connectivity index (χ0v) is 23.5. The van der Waals surface area contributed by atoms with Gasteiger partial charge in [0.2, 0.25) is 10.0 Å². The molecule has 0 atom stereocenters. The van der Waals surface area contributed by atoms with Crippen molar-refractivity contribution < 1.29 is 26.4 Å². The highest BCUT2D eigenvalue weighted by Crippen LogP contribution is 2.40. The zero-order chi connectivity index (χ0) is 30.5. The lowest BCUT2D eigenvalue weighted by atomic mass is 10.0. The van der Waals surface area contributed by atoms with E-state index in [9.17, 15) is 26.8 Å². The first kappa shape index (κ1) is 27.8. The van der Waals surface area contributed by atoms with Gasteiger partial charge in [-0.15, -0.1) is 0 Å². The number of halogens is 2. The fourth-order valence-corrected chi connectivity index (χ4v) is 5.45. The number of aromatic nitrogens is 3. The number of carbonyl (C=O) groups is 1. The number of hydrogen-bond acceptors (Lipinski definition) is 6. The average molecular weight is 604 g/mol. The molecule has 0 bridgehead atoms. The van der Waals surface area contributed by atoms with Gasteiger partial charge in [-0.2, -0.15) is 0 Å². The van der Waals surface area contributed by atoms with Gasteiger partial charge in [0, 0.05) is 46.7 Å². The van der Waals surface area contributed by atoms with Crippen LogP contribution in [0.15, 0.2) is 76.1 Å². The number of benzene rings is 3. The van der Waals surface area contributed by atoms with Crippen molar-refractivity contribution in [2.75, 3.05) is 17.5 Å². The Balaban J connectivity index is 1.61. The predicted molar refractivity (Wildman–Crippen MR) is 159 cm³/mol. The maximum atomic E-state index is 14.4. The number of carbonyl (C=O) groups excluding carboxylic acids is 1. The second kappa shape index (κ2) is 10.5. The first-order chi connectivity index (χ1) is 20.6. The van der Waals surface area contributed by atoms with Gasteiger partial charge in [0.15, 0.2) is 5.69 Å². The van der Waals surface area contributed by atoms with Crippen LogP contribution in [0.3, 0.4) is 0 Å². The minimum absolute atomic E-state index is 0.0665. The van der Waals surface area contributed by atoms with Crippen LogP contribution in [-0.2, 0) is 10.0 Å². The molecule has 10 nitrogen and oxygen atoms in total. The third-order valence-electron chi connectivity index (χ3n) is 6.96. The zero-order valence-electron chi connectivity index (χ0n) is 22.7. The van der Waals surface area contributed by atoms with E-state index in [0.29, 0.717) is 16.5 Å². The Labute approximate surface area is 242 Å². The van der Waals surface area contributed by atoms with Gasteiger partial charge in [0.25, 0.3) is 11.5 Å². The van der Waals surface area contributed by atoms with E-state index in [0.717, 1.165) is 0 Å². The third kappa shape index (κ3) is 5.03. The molecule has 0 aliphatic carbocycles. The highest BCUT2D eigenvalue weighted by atomic mass is 32.2. The van der Waals surface area contributed by atoms with Gasteiger partial charge in [0.1, 0.15) is 23.0 Å². The summed E-state index contributed by atoms with van der Waals surface area (Å²) in [5.74, 6) is -1.55. The quantitative estimate of drug-likeness (QED) is 0.192. The Bertz CT molecular complexity index is 2220. The molecule has 6 aromatic rings. The fraction of sp³-hybridized carbons (Fsp3) is 0.100. The van der Waals surface area contributed by atoms with Gasteiger partial charge in [-0.3, -0.25) is 14.3 Å². The van der Waals surface area contributed by atoms with Crippen LogP contribution in [-0.4, -0.2) is 42.1 Å². The standard InChI is InChI=1S/C30H23F2N5O5S/c1-3-43(40,41)37-22-13-25-19(26(29(38)33-2)28(42-25)15-7-9-16(31)10-8-15)11-18(22)24-14-34-30(39)27(36-24)23-12-17-20(32)5-4-6-21(17)35-23/h4-14,35,37H,3H2,1-2H3,(H,33,38)(H,34,39). The van der Waals surface area contributed by atoms with Crippen molar-refractivity contribution in [2.24, 2.45) is 0 Å². The molecule has 0 radical (unpaired) electrons. The summed E-state index contributed by atoms with van der Waals surface area (Å²) in [6.45, 7) is 1.47. The number of rotatable bonds is 7. The molecule has 6 rings (SSSR count). The van der Waals surface area contributed by atoms with Gasteiger partial charge in [-0.25, -0.2) is 22.2 Å². The summed E-state index contributed by atoms with van der Waals surface area (Å²) in [5, 5.41) is 3.16. The van der Waals surface area contributed by atoms with E-state index in [1.54, 1.807) is 6.07 Å². The Morgan fingerprint density at radius 3 is 2.51 bits per heavy atom. The number of nitrogens with zero attached hydrogens (tertiary/aromatic N) is 1. The van der Waals surface area contributed by atoms with Crippen molar-refractivity contribution in [1.82, 2.24) is 20.3 Å². The summed E-state index contributed by atoms with van der Waals surface area (Å²) in [6, 6.07) is 14.3. The van der Waals surface area contributed by atoms with Crippen molar-refractivity contribution >= 4 is 43.5 Å². The molecule has 218 valence electrons. The maximum absolute atomic E-state index is 14.4. The third-order valence-corrected chi connectivity index (χ3v) is 8.25. The van der Waals surface area contributed by atoms with E-state index >= 15 is 0 Å². The van der Waals surface area contributed by atoms with Crippen molar-refractivity contribution in [3.63, 3.8) is 0 Å². The smallest absolute Gasteiger partial charge is 0.276 e. The molecule has 3 heterocycles. The van der Waals surface area contributed by atoms with Crippen molar-refractivity contribution in [1.29, 1.82) is 0 Å². The van der Waals surface area contributed by atoms with Crippen LogP contribution in [0.5, 0.6) is 0 Å². The molecule has 0 spiro atoms. The molecular weight excluding hydrogens is 580 g/mol. The molecule has 0 saturated carbocycles. The molecule has 0 fully saturated rings. The van der Waals surface area contributed by atoms with Crippen LogP contribution in [0.1, 0.15) is 17.3 Å². The lowest BCUT2D eigenvalue weighted by Gasteiger charge is -2.12. The summed E-state index contributed by atoms with van der Waals surface area (Å²) < 4.78 is 62.0.